The van der Waals surface area contributed by atoms with Crippen LogP contribution in [0.25, 0.3) is 22.1 Å². The summed E-state index contributed by atoms with van der Waals surface area (Å²) in [5, 5.41) is 13.3. The predicted octanol–water partition coefficient (Wildman–Crippen LogP) is 3.67. The Bertz CT molecular complexity index is 1160. The SMILES string of the molecule is CC(C)(C)c1cc[n+](CC(C)(O)c2cnc3ncccc3c2)c2ncccc12. The van der Waals surface area contributed by atoms with Crippen molar-refractivity contribution in [2.75, 3.05) is 0 Å². The monoisotopic (exact) mass is 373 g/mol. The minimum absolute atomic E-state index is 0.0121. The molecule has 0 spiro atoms. The topological polar surface area (TPSA) is 62.8 Å². The fraction of sp³-hybridized carbons (Fsp3) is 0.304. The van der Waals surface area contributed by atoms with Crippen molar-refractivity contribution in [2.45, 2.75) is 45.3 Å². The Labute approximate surface area is 164 Å². The lowest BCUT2D eigenvalue weighted by atomic mass is 9.85. The fourth-order valence-electron chi connectivity index (χ4n) is 3.63. The summed E-state index contributed by atoms with van der Waals surface area (Å²) in [6.07, 6.45) is 7.23. The normalized spacial score (nSPS) is 14.3. The highest BCUT2D eigenvalue weighted by Crippen LogP contribution is 2.28. The van der Waals surface area contributed by atoms with Crippen molar-refractivity contribution >= 4 is 22.1 Å². The van der Waals surface area contributed by atoms with E-state index in [0.29, 0.717) is 12.2 Å². The van der Waals surface area contributed by atoms with Crippen LogP contribution in [0.3, 0.4) is 0 Å². The lowest BCUT2D eigenvalue weighted by Gasteiger charge is -2.24. The zero-order valence-corrected chi connectivity index (χ0v) is 16.7. The molecule has 1 N–H and O–H groups in total. The van der Waals surface area contributed by atoms with Gasteiger partial charge in [-0.15, -0.1) is 0 Å². The molecule has 5 heteroatoms. The highest BCUT2D eigenvalue weighted by molar-refractivity contribution is 5.77. The van der Waals surface area contributed by atoms with E-state index in [1.54, 1.807) is 18.6 Å². The minimum Gasteiger partial charge on any atom is -0.381 e. The minimum atomic E-state index is -1.10. The van der Waals surface area contributed by atoms with Crippen molar-refractivity contribution in [1.29, 1.82) is 0 Å². The number of aliphatic hydroxyl groups is 1. The third-order valence-corrected chi connectivity index (χ3v) is 5.13. The van der Waals surface area contributed by atoms with Crippen LogP contribution in [-0.2, 0) is 17.6 Å². The summed E-state index contributed by atoms with van der Waals surface area (Å²) in [6, 6.07) is 12.0. The van der Waals surface area contributed by atoms with Crippen molar-refractivity contribution < 1.29 is 9.67 Å². The van der Waals surface area contributed by atoms with Gasteiger partial charge in [-0.1, -0.05) is 20.8 Å². The quantitative estimate of drug-likeness (QED) is 0.557. The van der Waals surface area contributed by atoms with Gasteiger partial charge in [0.1, 0.15) is 18.3 Å². The molecule has 4 aromatic rings. The first-order valence-electron chi connectivity index (χ1n) is 9.47. The molecule has 0 bridgehead atoms. The van der Waals surface area contributed by atoms with Gasteiger partial charge in [-0.05, 0) is 59.3 Å². The van der Waals surface area contributed by atoms with E-state index in [9.17, 15) is 5.11 Å². The molecule has 28 heavy (non-hydrogen) atoms. The smallest absolute Gasteiger partial charge is 0.330 e. The number of rotatable bonds is 3. The van der Waals surface area contributed by atoms with Gasteiger partial charge in [0.05, 0.1) is 11.6 Å². The van der Waals surface area contributed by atoms with Crippen molar-refractivity contribution in [3.05, 3.63) is 72.3 Å². The molecule has 0 aliphatic rings. The second kappa shape index (κ2) is 6.60. The molecule has 1 atom stereocenters. The molecule has 0 saturated heterocycles. The lowest BCUT2D eigenvalue weighted by Crippen LogP contribution is -2.45. The van der Waals surface area contributed by atoms with Crippen molar-refractivity contribution in [3.8, 4) is 0 Å². The van der Waals surface area contributed by atoms with E-state index in [2.05, 4.69) is 47.9 Å². The maximum Gasteiger partial charge on any atom is 0.330 e. The zero-order chi connectivity index (χ0) is 19.9. The fourth-order valence-corrected chi connectivity index (χ4v) is 3.63. The highest BCUT2D eigenvalue weighted by Gasteiger charge is 2.30. The molecule has 142 valence electrons. The molecule has 0 fully saturated rings. The number of pyridine rings is 4. The summed E-state index contributed by atoms with van der Waals surface area (Å²) in [5.74, 6) is 0. The van der Waals surface area contributed by atoms with E-state index in [1.165, 1.54) is 5.56 Å². The van der Waals surface area contributed by atoms with Gasteiger partial charge in [-0.2, -0.15) is 0 Å². The Hall–Kier alpha value is -2.92. The number of hydrogen-bond acceptors (Lipinski definition) is 4. The first-order chi connectivity index (χ1) is 13.3. The second-order valence-corrected chi connectivity index (χ2v) is 8.53. The summed E-state index contributed by atoms with van der Waals surface area (Å²) in [7, 11) is 0. The molecule has 0 aliphatic heterocycles. The Kier molecular flexibility index (Phi) is 4.35. The molecule has 1 unspecified atom stereocenters. The maximum absolute atomic E-state index is 11.3. The van der Waals surface area contributed by atoms with Crippen LogP contribution < -0.4 is 4.57 Å². The molecule has 0 amide bonds. The summed E-state index contributed by atoms with van der Waals surface area (Å²) in [4.78, 5) is 13.3. The molecule has 5 nitrogen and oxygen atoms in total. The standard InChI is InChI=1S/C23H25N4O/c1-22(2,3)19-9-12-27(21-18(19)8-6-11-25-21)15-23(4,28)17-13-16-7-5-10-24-20(16)26-14-17/h5-14,28H,15H2,1-4H3/q+1. The van der Waals surface area contributed by atoms with Gasteiger partial charge in [0.2, 0.25) is 0 Å². The molecule has 4 rings (SSSR count). The third kappa shape index (κ3) is 3.34. The maximum atomic E-state index is 11.3. The van der Waals surface area contributed by atoms with Gasteiger partial charge in [0.25, 0.3) is 0 Å². The first kappa shape index (κ1) is 18.4. The molecular weight excluding hydrogens is 348 g/mol. The van der Waals surface area contributed by atoms with Gasteiger partial charge in [-0.3, -0.25) is 0 Å². The van der Waals surface area contributed by atoms with E-state index in [1.807, 2.05) is 42.0 Å². The van der Waals surface area contributed by atoms with Crippen LogP contribution in [0.5, 0.6) is 0 Å². The molecule has 0 radical (unpaired) electrons. The molecule has 4 aromatic heterocycles. The van der Waals surface area contributed by atoms with E-state index in [-0.39, 0.29) is 5.41 Å². The summed E-state index contributed by atoms with van der Waals surface area (Å²) >= 11 is 0. The van der Waals surface area contributed by atoms with Crippen LogP contribution >= 0.6 is 0 Å². The van der Waals surface area contributed by atoms with Crippen molar-refractivity contribution in [1.82, 2.24) is 15.0 Å². The van der Waals surface area contributed by atoms with Crippen LogP contribution in [0.1, 0.15) is 38.8 Å². The first-order valence-corrected chi connectivity index (χ1v) is 9.47. The predicted molar refractivity (Wildman–Crippen MR) is 110 cm³/mol. The average molecular weight is 373 g/mol. The van der Waals surface area contributed by atoms with Crippen LogP contribution in [-0.4, -0.2) is 20.1 Å². The van der Waals surface area contributed by atoms with Gasteiger partial charge in [-0.25, -0.2) is 14.5 Å². The summed E-state index contributed by atoms with van der Waals surface area (Å²) in [6.45, 7) is 8.78. The number of aromatic nitrogens is 4. The summed E-state index contributed by atoms with van der Waals surface area (Å²) < 4.78 is 2.01. The number of nitrogens with zero attached hydrogens (tertiary/aromatic N) is 4. The average Bonchev–Trinajstić information content (AvgIpc) is 2.66. The van der Waals surface area contributed by atoms with Gasteiger partial charge < -0.3 is 5.11 Å². The van der Waals surface area contributed by atoms with Gasteiger partial charge in [0, 0.05) is 23.3 Å². The molecule has 4 heterocycles. The van der Waals surface area contributed by atoms with Crippen LogP contribution in [0, 0.1) is 0 Å². The molecule has 0 aromatic carbocycles. The molecular formula is C23H25N4O+. The zero-order valence-electron chi connectivity index (χ0n) is 16.7. The van der Waals surface area contributed by atoms with Gasteiger partial charge in [0.15, 0.2) is 5.65 Å². The molecule has 0 saturated carbocycles. The van der Waals surface area contributed by atoms with Crippen molar-refractivity contribution in [2.24, 2.45) is 0 Å². The van der Waals surface area contributed by atoms with Crippen LogP contribution in [0.2, 0.25) is 0 Å². The van der Waals surface area contributed by atoms with E-state index < -0.39 is 5.60 Å². The lowest BCUT2D eigenvalue weighted by molar-refractivity contribution is -0.688. The number of fused-ring (bicyclic) bond motifs is 2. The third-order valence-electron chi connectivity index (χ3n) is 5.13. The summed E-state index contributed by atoms with van der Waals surface area (Å²) in [5.41, 5.74) is 2.45. The second-order valence-electron chi connectivity index (χ2n) is 8.53. The Morgan fingerprint density at radius 1 is 0.964 bits per heavy atom. The Morgan fingerprint density at radius 2 is 1.71 bits per heavy atom. The highest BCUT2D eigenvalue weighted by atomic mass is 16.3. The van der Waals surface area contributed by atoms with Crippen molar-refractivity contribution in [3.63, 3.8) is 0 Å². The van der Waals surface area contributed by atoms with Crippen LogP contribution in [0.4, 0.5) is 0 Å². The number of hydrogen-bond donors (Lipinski definition) is 1. The van der Waals surface area contributed by atoms with E-state index >= 15 is 0 Å². The van der Waals surface area contributed by atoms with Gasteiger partial charge >= 0.3 is 5.65 Å². The molecule has 0 aliphatic carbocycles. The largest absolute Gasteiger partial charge is 0.381 e. The van der Waals surface area contributed by atoms with E-state index in [4.69, 9.17) is 0 Å². The van der Waals surface area contributed by atoms with Crippen LogP contribution in [0.15, 0.2) is 61.2 Å². The Balaban J connectivity index is 1.78. The Morgan fingerprint density at radius 3 is 2.50 bits per heavy atom. The van der Waals surface area contributed by atoms with E-state index in [0.717, 1.165) is 22.0 Å².